The lowest BCUT2D eigenvalue weighted by Crippen LogP contribution is -2.61. The fourth-order valence-electron chi connectivity index (χ4n) is 3.04. The van der Waals surface area contributed by atoms with Gasteiger partial charge in [0.25, 0.3) is 0 Å². The van der Waals surface area contributed by atoms with E-state index in [9.17, 15) is 0 Å². The Balaban J connectivity index is 2.52. The molecule has 72 valence electrons. The molecule has 0 bridgehead atoms. The molecule has 2 heteroatoms. The minimum absolute atomic E-state index is 0.606. The summed E-state index contributed by atoms with van der Waals surface area (Å²) in [6.45, 7) is 9.78. The van der Waals surface area contributed by atoms with E-state index >= 15 is 0 Å². The van der Waals surface area contributed by atoms with Crippen LogP contribution in [0.5, 0.6) is 0 Å². The third-order valence-corrected chi connectivity index (χ3v) is 22.5. The van der Waals surface area contributed by atoms with Gasteiger partial charge in [0, 0.05) is 16.1 Å². The highest BCUT2D eigenvalue weighted by Crippen LogP contribution is 2.48. The van der Waals surface area contributed by atoms with Crippen LogP contribution in [-0.2, 0) is 0 Å². The highest BCUT2D eigenvalue weighted by Gasteiger charge is 2.52. The van der Waals surface area contributed by atoms with Gasteiger partial charge in [-0.3, -0.25) is 0 Å². The smallest absolute Gasteiger partial charge is 0.0478 e. The highest BCUT2D eigenvalue weighted by atomic mass is 28.5. The quantitative estimate of drug-likeness (QED) is 0.601. The second-order valence-corrected chi connectivity index (χ2v) is 16.4. The fourth-order valence-corrected chi connectivity index (χ4v) is 24.4. The molecule has 0 aromatic rings. The molecule has 0 saturated carbocycles. The molecule has 0 spiro atoms. The van der Waals surface area contributed by atoms with E-state index in [4.69, 9.17) is 0 Å². The van der Waals surface area contributed by atoms with Crippen LogP contribution < -0.4 is 0 Å². The maximum atomic E-state index is 2.44. The topological polar surface area (TPSA) is 0 Å². The Morgan fingerprint density at radius 2 is 0.917 bits per heavy atom. The van der Waals surface area contributed by atoms with Gasteiger partial charge in [-0.15, -0.1) is 0 Å². The Bertz CT molecular complexity index is 120. The first-order chi connectivity index (χ1) is 5.66. The molecule has 0 radical (unpaired) electrons. The summed E-state index contributed by atoms with van der Waals surface area (Å²) in [7, 11) is -1.21. The molecule has 0 aliphatic carbocycles. The molecule has 1 fully saturated rings. The third kappa shape index (κ3) is 1.56. The van der Waals surface area contributed by atoms with Gasteiger partial charge in [0.1, 0.15) is 0 Å². The van der Waals surface area contributed by atoms with E-state index in [2.05, 4.69) is 27.7 Å². The van der Waals surface area contributed by atoms with Crippen molar-refractivity contribution >= 4 is 16.1 Å². The van der Waals surface area contributed by atoms with Crippen LogP contribution in [0.2, 0.25) is 35.5 Å². The fraction of sp³-hybridized carbons (Fsp3) is 1.00. The summed E-state index contributed by atoms with van der Waals surface area (Å²) in [6, 6.07) is 6.27. The van der Waals surface area contributed by atoms with Gasteiger partial charge in [-0.25, -0.2) is 0 Å². The molecule has 0 aromatic heterocycles. The van der Waals surface area contributed by atoms with E-state index in [0.29, 0.717) is 0 Å². The van der Waals surface area contributed by atoms with Crippen LogP contribution in [0.3, 0.4) is 0 Å². The molecule has 12 heavy (non-hydrogen) atoms. The first kappa shape index (κ1) is 10.5. The van der Waals surface area contributed by atoms with E-state index in [1.54, 1.807) is 35.5 Å². The Labute approximate surface area is 79.8 Å². The average Bonchev–Trinajstić information content (AvgIpc) is 2.07. The predicted octanol–water partition coefficient (Wildman–Crippen LogP) is 4.06. The zero-order valence-corrected chi connectivity index (χ0v) is 11.2. The Morgan fingerprint density at radius 1 is 0.667 bits per heavy atom. The van der Waals surface area contributed by atoms with Gasteiger partial charge in [-0.2, -0.15) is 0 Å². The van der Waals surface area contributed by atoms with Gasteiger partial charge in [0.2, 0.25) is 0 Å². The Kier molecular flexibility index (Phi) is 3.21. The zero-order valence-electron chi connectivity index (χ0n) is 9.24. The summed E-state index contributed by atoms with van der Waals surface area (Å²) in [5.41, 5.74) is 3.56. The summed E-state index contributed by atoms with van der Waals surface area (Å²) >= 11 is 0. The third-order valence-electron chi connectivity index (χ3n) is 4.50. The molecule has 1 saturated heterocycles. The van der Waals surface area contributed by atoms with Crippen LogP contribution >= 0.6 is 0 Å². The monoisotopic (exact) mass is 200 g/mol. The van der Waals surface area contributed by atoms with Crippen molar-refractivity contribution in [1.82, 2.24) is 0 Å². The first-order valence-corrected chi connectivity index (χ1v) is 11.3. The largest absolute Gasteiger partial charge is 0.0678 e. The molecule has 0 nitrogen and oxygen atoms in total. The van der Waals surface area contributed by atoms with E-state index in [0.717, 1.165) is 0 Å². The SMILES string of the molecule is CC[Si]1(CC)C[Si](CC)(CC)C1. The number of rotatable bonds is 4. The van der Waals surface area contributed by atoms with Gasteiger partial charge in [-0.05, 0) is 0 Å². The summed E-state index contributed by atoms with van der Waals surface area (Å²) in [4.78, 5) is 0. The number of hydrogen-bond acceptors (Lipinski definition) is 0. The molecule has 0 unspecified atom stereocenters. The molecule has 1 aliphatic rings. The standard InChI is InChI=1S/C10H24Si2/c1-5-11(6-2)9-12(7-3,8-4)10-11/h5-10H2,1-4H3. The van der Waals surface area contributed by atoms with Crippen LogP contribution in [0.1, 0.15) is 27.7 Å². The highest BCUT2D eigenvalue weighted by molar-refractivity contribution is 7.13. The summed E-state index contributed by atoms with van der Waals surface area (Å²) < 4.78 is 0. The van der Waals surface area contributed by atoms with Crippen LogP contribution in [0.4, 0.5) is 0 Å². The summed E-state index contributed by atoms with van der Waals surface area (Å²) in [5.74, 6) is 0. The summed E-state index contributed by atoms with van der Waals surface area (Å²) in [6.07, 6.45) is 0. The van der Waals surface area contributed by atoms with Crippen molar-refractivity contribution in [2.45, 2.75) is 63.2 Å². The normalized spacial score (nSPS) is 25.0. The summed E-state index contributed by atoms with van der Waals surface area (Å²) in [5, 5.41) is 0. The Hall–Kier alpha value is 0.434. The average molecular weight is 200 g/mol. The molecular weight excluding hydrogens is 176 g/mol. The van der Waals surface area contributed by atoms with Crippen molar-refractivity contribution in [2.75, 3.05) is 0 Å². The lowest BCUT2D eigenvalue weighted by Gasteiger charge is -2.53. The van der Waals surface area contributed by atoms with Crippen LogP contribution in [0.25, 0.3) is 0 Å². The van der Waals surface area contributed by atoms with Crippen molar-refractivity contribution in [2.24, 2.45) is 0 Å². The van der Waals surface area contributed by atoms with Gasteiger partial charge in [-0.1, -0.05) is 63.2 Å². The van der Waals surface area contributed by atoms with E-state index in [-0.39, 0.29) is 0 Å². The van der Waals surface area contributed by atoms with Crippen molar-refractivity contribution < 1.29 is 0 Å². The van der Waals surface area contributed by atoms with Crippen molar-refractivity contribution in [3.8, 4) is 0 Å². The van der Waals surface area contributed by atoms with Crippen molar-refractivity contribution in [3.05, 3.63) is 0 Å². The van der Waals surface area contributed by atoms with E-state index in [1.807, 2.05) is 0 Å². The van der Waals surface area contributed by atoms with Gasteiger partial charge in [0.05, 0.1) is 0 Å². The van der Waals surface area contributed by atoms with Crippen LogP contribution in [0.15, 0.2) is 0 Å². The lowest BCUT2D eigenvalue weighted by atomic mass is 10.9. The van der Waals surface area contributed by atoms with E-state index in [1.165, 1.54) is 0 Å². The molecular formula is C10H24Si2. The van der Waals surface area contributed by atoms with Gasteiger partial charge >= 0.3 is 0 Å². The van der Waals surface area contributed by atoms with Gasteiger partial charge < -0.3 is 0 Å². The molecule has 1 rings (SSSR count). The molecule has 0 amide bonds. The zero-order chi connectivity index (χ0) is 9.24. The molecule has 0 N–H and O–H groups in total. The van der Waals surface area contributed by atoms with Crippen LogP contribution in [-0.4, -0.2) is 16.1 Å². The van der Waals surface area contributed by atoms with Crippen molar-refractivity contribution in [3.63, 3.8) is 0 Å². The second-order valence-electron chi connectivity index (χ2n) is 4.77. The molecule has 0 aromatic carbocycles. The predicted molar refractivity (Wildman–Crippen MR) is 63.0 cm³/mol. The Morgan fingerprint density at radius 3 is 1.08 bits per heavy atom. The maximum Gasteiger partial charge on any atom is 0.0478 e. The van der Waals surface area contributed by atoms with Crippen LogP contribution in [0, 0.1) is 0 Å². The van der Waals surface area contributed by atoms with Gasteiger partial charge in [0.15, 0.2) is 0 Å². The second kappa shape index (κ2) is 3.66. The van der Waals surface area contributed by atoms with E-state index < -0.39 is 16.1 Å². The minimum Gasteiger partial charge on any atom is -0.0678 e. The maximum absolute atomic E-state index is 2.44. The van der Waals surface area contributed by atoms with Crippen molar-refractivity contribution in [1.29, 1.82) is 0 Å². The number of hydrogen-bond donors (Lipinski definition) is 0. The molecule has 1 aliphatic heterocycles. The first-order valence-electron chi connectivity index (χ1n) is 5.66. The molecule has 1 heterocycles. The molecule has 0 atom stereocenters. The lowest BCUT2D eigenvalue weighted by molar-refractivity contribution is 1.08. The minimum atomic E-state index is -0.606.